The van der Waals surface area contributed by atoms with E-state index in [1.54, 1.807) is 30.5 Å². The maximum absolute atomic E-state index is 10.6. The van der Waals surface area contributed by atoms with Crippen molar-refractivity contribution in [3.8, 4) is 50.9 Å². The Morgan fingerprint density at radius 2 is 0.890 bits per heavy atom. The monoisotopic (exact) mass is 1540 g/mol. The zero-order chi connectivity index (χ0) is 97.8. The van der Waals surface area contributed by atoms with Gasteiger partial charge in [-0.15, -0.1) is 29.7 Å². The SMILES string of the molecule is [2H]c1c([2H])c([2H])c(-c2cc([Si](c3c([2H])c([2H])c([2H])c([2H])c3[2H])(c3c([2H])c([2H])c([2H])c([2H])c3[2H])c3c([2H])c([2H])c([2H])c([2H])c3[2H])c(-[n+]3[c-]n(-c4[c-]c(Oc5[c-]c6c(cc5)c5ccccc5n6-c5cc(C(C)(C)C)ccn5)ccc4)c4cc(-c5ccc(C(C)(C)C)cc5)ccc43)c([Si](c3c([2H])c([2H])c([2H])c([2H])c3[2H])(c3c([2H])c([2H])c([2H])c([2H])c3[2H])c3c([2H])c([2H])c([2H])c([2H])c3[2H])c2)c([2H])c1[2H].[Pt]. The number of hydrogen-bond donors (Lipinski definition) is 0. The summed E-state index contributed by atoms with van der Waals surface area (Å²) < 4.78 is 361. The van der Waals surface area contributed by atoms with E-state index in [2.05, 4.69) is 39.2 Å². The number of pyridine rings is 1. The van der Waals surface area contributed by atoms with Gasteiger partial charge in [-0.2, -0.15) is 18.2 Å². The van der Waals surface area contributed by atoms with Gasteiger partial charge < -0.3 is 13.9 Å². The molecule has 0 aliphatic rings. The first-order chi connectivity index (χ1) is 62.8. The summed E-state index contributed by atoms with van der Waals surface area (Å²) in [5.41, 5.74) is -0.449. The summed E-state index contributed by atoms with van der Waals surface area (Å²) in [7, 11) is -14.5. The molecule has 0 aliphatic carbocycles. The fraction of sp³-hybridized carbons (Fsp3) is 0.0870. The van der Waals surface area contributed by atoms with E-state index in [-0.39, 0.29) is 54.7 Å². The fourth-order valence-electron chi connectivity index (χ4n) is 12.9. The van der Waals surface area contributed by atoms with Crippen molar-refractivity contribution in [1.82, 2.24) is 14.1 Å². The summed E-state index contributed by atoms with van der Waals surface area (Å²) in [5.74, 6) is 0.549. The molecule has 16 rings (SSSR count). The van der Waals surface area contributed by atoms with Crippen molar-refractivity contribution in [3.63, 3.8) is 0 Å². The van der Waals surface area contributed by atoms with E-state index in [9.17, 15) is 46.6 Å². The van der Waals surface area contributed by atoms with Crippen LogP contribution in [0.5, 0.6) is 11.5 Å². The van der Waals surface area contributed by atoms with Crippen LogP contribution in [0.1, 0.15) is 101 Å². The molecule has 0 unspecified atom stereocenters. The molecular formula is C92H74N4OPtSi2-2. The molecule has 13 aromatic carbocycles. The minimum absolute atomic E-state index is 0. The maximum atomic E-state index is 10.6. The minimum Gasteiger partial charge on any atom is -0.510 e. The Morgan fingerprint density at radius 3 is 1.40 bits per heavy atom. The van der Waals surface area contributed by atoms with Crippen LogP contribution in [-0.2, 0) is 31.9 Å². The van der Waals surface area contributed by atoms with Crippen LogP contribution in [0.3, 0.4) is 0 Å². The molecule has 0 saturated carbocycles. The molecule has 488 valence electrons. The Labute approximate surface area is 652 Å². The minimum atomic E-state index is -7.24. The van der Waals surface area contributed by atoms with Crippen LogP contribution in [0.25, 0.3) is 72.3 Å². The standard InChI is InChI=1S/C92H74N4OSi2.Pt/c1-91(2,3)70-52-49-67(50-53-70)68-51-56-84-86(59-68)94(72-33-30-34-73(63-72)97-74-54-55-82-81-47-28-29-48-83(81)96(85(82)64-74)89-62-71(57-58-93-89)92(4,5)6)65-95(84)90-87(98(75-35-16-8-17-36-75,76-37-18-9-19-38-76)77-39-20-10-21-40-77)60-69(66-31-14-7-15-32-66)61-88(90)99(78-41-22-11-23-42-78,79-43-24-12-25-44-79)80-45-26-13-27-46-80;/h7-62H,1-6H3;/q-2;/i7D,8D,9D,10D,11D,12D,13D,14D,15D,16D,17D,18D,19D,20D,21D,22D,23D,24D,25D,26D,27D,31D,32D,35D,36D,37D,38D,39D,40D,41D,42D,43D,44D,45D,46D;. The third kappa shape index (κ3) is 11.6. The van der Waals surface area contributed by atoms with Crippen molar-refractivity contribution in [3.05, 3.63) is 369 Å². The van der Waals surface area contributed by atoms with Crippen LogP contribution in [0, 0.1) is 18.5 Å². The van der Waals surface area contributed by atoms with Gasteiger partial charge in [0.15, 0.2) is 16.1 Å². The quantitative estimate of drug-likeness (QED) is 0.0444. The molecule has 0 fully saturated rings. The number of imidazole rings is 1. The van der Waals surface area contributed by atoms with Gasteiger partial charge in [0.1, 0.15) is 5.82 Å². The first kappa shape index (κ1) is 36.3. The Balaban J connectivity index is 0.0000139. The van der Waals surface area contributed by atoms with Crippen molar-refractivity contribution in [2.45, 2.75) is 52.4 Å². The van der Waals surface area contributed by atoms with E-state index >= 15 is 0 Å². The molecular weight excluding hydrogens is 1430 g/mol. The Kier molecular flexibility index (Phi) is 9.74. The van der Waals surface area contributed by atoms with Crippen molar-refractivity contribution in [2.75, 3.05) is 0 Å². The van der Waals surface area contributed by atoms with E-state index in [0.717, 1.165) is 44.1 Å². The van der Waals surface area contributed by atoms with Crippen molar-refractivity contribution >= 4 is 90.5 Å². The van der Waals surface area contributed by atoms with Crippen LogP contribution >= 0.6 is 0 Å². The summed E-state index contributed by atoms with van der Waals surface area (Å²) in [6, 6.07) is -6.98. The number of hydrogen-bond acceptors (Lipinski definition) is 2. The smallest absolute Gasteiger partial charge is 0.268 e. The van der Waals surface area contributed by atoms with Crippen LogP contribution in [0.15, 0.2) is 339 Å². The molecule has 0 saturated heterocycles. The van der Waals surface area contributed by atoms with Gasteiger partial charge in [0.2, 0.25) is 0 Å². The molecule has 0 radical (unpaired) electrons. The Morgan fingerprint density at radius 1 is 0.410 bits per heavy atom. The predicted molar refractivity (Wildman–Crippen MR) is 415 cm³/mol. The molecule has 0 atom stereocenters. The average Bonchev–Trinajstić information content (AvgIpc) is 1.38. The van der Waals surface area contributed by atoms with Crippen LogP contribution in [0.2, 0.25) is 0 Å². The van der Waals surface area contributed by atoms with E-state index in [1.165, 1.54) is 34.9 Å². The van der Waals surface area contributed by atoms with Crippen molar-refractivity contribution in [1.29, 1.82) is 0 Å². The first-order valence-electron chi connectivity index (χ1n) is 48.8. The largest absolute Gasteiger partial charge is 0.510 e. The third-order valence-corrected chi connectivity index (χ3v) is 25.9. The molecule has 16 aromatic rings. The second kappa shape index (κ2) is 26.8. The second-order valence-electron chi connectivity index (χ2n) is 25.3. The summed E-state index contributed by atoms with van der Waals surface area (Å²) in [6.45, 7) is 12.1. The Hall–Kier alpha value is -10.8. The normalized spacial score (nSPS) is 16.9. The summed E-state index contributed by atoms with van der Waals surface area (Å²) in [5, 5.41) is -8.56. The van der Waals surface area contributed by atoms with E-state index in [0.29, 0.717) is 22.5 Å². The number of para-hydroxylation sites is 1. The van der Waals surface area contributed by atoms with Gasteiger partial charge in [0.05, 0.1) is 64.7 Å². The summed E-state index contributed by atoms with van der Waals surface area (Å²) in [6.07, 6.45) is 5.04. The van der Waals surface area contributed by atoms with Crippen LogP contribution in [0.4, 0.5) is 0 Å². The third-order valence-electron chi connectivity index (χ3n) is 17.5. The Bertz CT molecular complexity index is 7070. The number of benzene rings is 13. The molecule has 0 spiro atoms. The van der Waals surface area contributed by atoms with Gasteiger partial charge in [0, 0.05) is 44.3 Å². The first-order valence-corrected chi connectivity index (χ1v) is 35.3. The van der Waals surface area contributed by atoms with E-state index in [1.807, 2.05) is 79.9 Å². The topological polar surface area (TPSA) is 35.9 Å². The number of rotatable bonds is 15. The molecule has 0 amide bonds. The molecule has 0 aliphatic heterocycles. The van der Waals surface area contributed by atoms with E-state index < -0.39 is 291 Å². The van der Waals surface area contributed by atoms with Crippen molar-refractivity contribution < 1.29 is 78.3 Å². The molecule has 3 aromatic heterocycles. The van der Waals surface area contributed by atoms with Gasteiger partial charge in [-0.25, -0.2) is 4.98 Å². The van der Waals surface area contributed by atoms with Gasteiger partial charge in [-0.1, -0.05) is 325 Å². The molecule has 8 heteroatoms. The number of fused-ring (bicyclic) bond motifs is 4. The maximum Gasteiger partial charge on any atom is 0.268 e. The molecule has 100 heavy (non-hydrogen) atoms. The van der Waals surface area contributed by atoms with Gasteiger partial charge in [0.25, 0.3) is 6.33 Å². The van der Waals surface area contributed by atoms with Crippen LogP contribution in [-0.4, -0.2) is 30.3 Å². The summed E-state index contributed by atoms with van der Waals surface area (Å²) in [4.78, 5) is 4.84. The molecule has 0 N–H and O–H groups in total. The zero-order valence-corrected chi connectivity index (χ0v) is 58.4. The van der Waals surface area contributed by atoms with Crippen LogP contribution < -0.4 is 50.8 Å². The predicted octanol–water partition coefficient (Wildman–Crippen LogP) is 16.3. The van der Waals surface area contributed by atoms with Crippen molar-refractivity contribution in [2.24, 2.45) is 0 Å². The average molecular weight is 1540 g/mol. The fourth-order valence-corrected chi connectivity index (χ4v) is 21.1. The summed E-state index contributed by atoms with van der Waals surface area (Å²) >= 11 is 0. The van der Waals surface area contributed by atoms with E-state index in [4.69, 9.17) is 11.1 Å². The number of nitrogens with zero attached hydrogens (tertiary/aromatic N) is 4. The van der Waals surface area contributed by atoms with Gasteiger partial charge in [-0.05, 0) is 121 Å². The molecule has 5 nitrogen and oxygen atoms in total. The number of aromatic nitrogens is 4. The van der Waals surface area contributed by atoms with Gasteiger partial charge >= 0.3 is 0 Å². The second-order valence-corrected chi connectivity index (χ2v) is 32.4. The van der Waals surface area contributed by atoms with Gasteiger partial charge in [-0.3, -0.25) is 4.57 Å². The zero-order valence-electron chi connectivity index (χ0n) is 89.1. The number of ether oxygens (including phenoxy) is 1. The molecule has 0 bridgehead atoms. The molecule has 3 heterocycles.